The van der Waals surface area contributed by atoms with Crippen LogP contribution in [0.2, 0.25) is 0 Å². The molecule has 0 saturated carbocycles. The van der Waals surface area contributed by atoms with Crippen molar-refractivity contribution in [2.75, 3.05) is 32.1 Å². The third-order valence-corrected chi connectivity index (χ3v) is 5.64. The first kappa shape index (κ1) is 21.1. The highest BCUT2D eigenvalue weighted by atomic mass is 16.5. The summed E-state index contributed by atoms with van der Waals surface area (Å²) in [5.41, 5.74) is 1.82. The number of rotatable bonds is 6. The fraction of sp³-hybridized carbons (Fsp3) is 0.375. The number of benzene rings is 2. The molecule has 2 heterocycles. The summed E-state index contributed by atoms with van der Waals surface area (Å²) in [4.78, 5) is 24.4. The number of anilines is 1. The quantitative estimate of drug-likeness (QED) is 0.635. The summed E-state index contributed by atoms with van der Waals surface area (Å²) in [5.74, 6) is 1.71. The van der Waals surface area contributed by atoms with Crippen LogP contribution in [-0.4, -0.2) is 43.2 Å². The summed E-state index contributed by atoms with van der Waals surface area (Å²) in [5, 5.41) is 7.45. The van der Waals surface area contributed by atoms with Crippen molar-refractivity contribution in [3.8, 4) is 0 Å². The maximum Gasteiger partial charge on any atom is 0.408 e. The molecule has 2 N–H and O–H groups in total. The van der Waals surface area contributed by atoms with E-state index < -0.39 is 6.09 Å². The topological polar surface area (TPSA) is 79.4 Å². The number of carbonyl (C=O) groups excluding carboxylic acids is 1. The number of fused-ring (bicyclic) bond motifs is 1. The van der Waals surface area contributed by atoms with Crippen molar-refractivity contribution >= 4 is 22.8 Å². The van der Waals surface area contributed by atoms with E-state index in [1.165, 1.54) is 0 Å². The zero-order chi connectivity index (χ0) is 21.6. The highest BCUT2D eigenvalue weighted by Gasteiger charge is 2.30. The predicted molar refractivity (Wildman–Crippen MR) is 122 cm³/mol. The number of alkyl carbamates (subject to hydrolysis) is 1. The Hall–Kier alpha value is -3.19. The van der Waals surface area contributed by atoms with Gasteiger partial charge < -0.3 is 20.3 Å². The molecule has 7 heteroatoms. The fourth-order valence-corrected chi connectivity index (χ4v) is 4.02. The van der Waals surface area contributed by atoms with E-state index in [1.54, 1.807) is 0 Å². The Labute approximate surface area is 182 Å². The van der Waals surface area contributed by atoms with E-state index in [-0.39, 0.29) is 18.6 Å². The van der Waals surface area contributed by atoms with Gasteiger partial charge >= 0.3 is 6.09 Å². The van der Waals surface area contributed by atoms with Gasteiger partial charge in [0.1, 0.15) is 12.4 Å². The number of ether oxygens (including phenoxy) is 1. The van der Waals surface area contributed by atoms with E-state index in [0.717, 1.165) is 48.2 Å². The van der Waals surface area contributed by atoms with Gasteiger partial charge in [0.05, 0.1) is 11.6 Å². The van der Waals surface area contributed by atoms with Crippen LogP contribution in [0.25, 0.3) is 10.9 Å². The van der Waals surface area contributed by atoms with Gasteiger partial charge in [-0.1, -0.05) is 42.5 Å². The number of aromatic nitrogens is 2. The Morgan fingerprint density at radius 2 is 1.81 bits per heavy atom. The second-order valence-electron chi connectivity index (χ2n) is 8.09. The van der Waals surface area contributed by atoms with E-state index in [9.17, 15) is 4.79 Å². The normalized spacial score (nSPS) is 15.4. The Bertz CT molecular complexity index is 1020. The van der Waals surface area contributed by atoms with E-state index in [0.29, 0.717) is 5.82 Å². The molecule has 0 spiro atoms. The molecule has 1 amide bonds. The first-order chi connectivity index (χ1) is 15.1. The minimum absolute atomic E-state index is 0.229. The van der Waals surface area contributed by atoms with Crippen LogP contribution in [0.3, 0.4) is 0 Å². The number of carbonyl (C=O) groups is 1. The smallest absolute Gasteiger partial charge is 0.408 e. The fourth-order valence-electron chi connectivity index (χ4n) is 4.02. The molecule has 1 fully saturated rings. The molecule has 1 unspecified atom stereocenters. The van der Waals surface area contributed by atoms with Gasteiger partial charge in [0.2, 0.25) is 0 Å². The minimum Gasteiger partial charge on any atom is -0.445 e. The number of para-hydroxylation sites is 1. The van der Waals surface area contributed by atoms with Crippen LogP contribution in [0.5, 0.6) is 0 Å². The van der Waals surface area contributed by atoms with Crippen molar-refractivity contribution in [3.05, 3.63) is 66.0 Å². The van der Waals surface area contributed by atoms with Crippen LogP contribution < -0.4 is 15.5 Å². The van der Waals surface area contributed by atoms with E-state index >= 15 is 0 Å². The molecule has 1 aliphatic rings. The largest absolute Gasteiger partial charge is 0.445 e. The lowest BCUT2D eigenvalue weighted by atomic mass is 9.89. The highest BCUT2D eigenvalue weighted by Crippen LogP contribution is 2.31. The van der Waals surface area contributed by atoms with Crippen molar-refractivity contribution in [2.45, 2.75) is 25.5 Å². The summed E-state index contributed by atoms with van der Waals surface area (Å²) in [6.07, 6.45) is 1.43. The number of nitrogens with one attached hydrogen (secondary N) is 2. The van der Waals surface area contributed by atoms with Gasteiger partial charge in [-0.15, -0.1) is 0 Å². The van der Waals surface area contributed by atoms with Crippen LogP contribution in [0.15, 0.2) is 54.6 Å². The van der Waals surface area contributed by atoms with Crippen LogP contribution in [0.4, 0.5) is 10.6 Å². The standard InChI is InChI=1S/C24H29N5O2/c1-29(2)23-19-10-6-7-11-20(19)26-22(28-23)21(18-12-14-25-15-13-18)27-24(30)31-16-17-8-4-3-5-9-17/h3-11,18,21,25H,12-16H2,1-2H3,(H,27,30). The lowest BCUT2D eigenvalue weighted by Gasteiger charge is -2.30. The molecular formula is C24H29N5O2. The molecule has 7 nitrogen and oxygen atoms in total. The average Bonchev–Trinajstić information content (AvgIpc) is 2.81. The van der Waals surface area contributed by atoms with Gasteiger partial charge in [-0.3, -0.25) is 0 Å². The maximum atomic E-state index is 12.7. The molecule has 3 aromatic rings. The van der Waals surface area contributed by atoms with Crippen LogP contribution in [0.1, 0.15) is 30.3 Å². The number of hydrogen-bond donors (Lipinski definition) is 2. The summed E-state index contributed by atoms with van der Waals surface area (Å²) in [6.45, 7) is 2.05. The summed E-state index contributed by atoms with van der Waals surface area (Å²) < 4.78 is 5.50. The maximum absolute atomic E-state index is 12.7. The number of nitrogens with zero attached hydrogens (tertiary/aromatic N) is 3. The van der Waals surface area contributed by atoms with Crippen molar-refractivity contribution < 1.29 is 9.53 Å². The molecule has 1 aromatic heterocycles. The minimum atomic E-state index is -0.449. The van der Waals surface area contributed by atoms with Crippen molar-refractivity contribution in [3.63, 3.8) is 0 Å². The molecule has 162 valence electrons. The second kappa shape index (κ2) is 9.75. The molecule has 0 bridgehead atoms. The highest BCUT2D eigenvalue weighted by molar-refractivity contribution is 5.89. The number of hydrogen-bond acceptors (Lipinski definition) is 6. The van der Waals surface area contributed by atoms with Crippen LogP contribution >= 0.6 is 0 Å². The molecule has 1 saturated heterocycles. The first-order valence-electron chi connectivity index (χ1n) is 10.7. The molecule has 0 radical (unpaired) electrons. The molecule has 1 aliphatic heterocycles. The van der Waals surface area contributed by atoms with Gasteiger partial charge in [0.15, 0.2) is 5.82 Å². The SMILES string of the molecule is CN(C)c1nc(C(NC(=O)OCc2ccccc2)C2CCNCC2)nc2ccccc12. The molecule has 31 heavy (non-hydrogen) atoms. The lowest BCUT2D eigenvalue weighted by Crippen LogP contribution is -2.40. The lowest BCUT2D eigenvalue weighted by molar-refractivity contribution is 0.128. The van der Waals surface area contributed by atoms with Gasteiger partial charge in [-0.05, 0) is 49.5 Å². The first-order valence-corrected chi connectivity index (χ1v) is 10.7. The molecule has 1 atom stereocenters. The average molecular weight is 420 g/mol. The summed E-state index contributed by atoms with van der Waals surface area (Å²) in [7, 11) is 3.94. The Kier molecular flexibility index (Phi) is 6.62. The van der Waals surface area contributed by atoms with Crippen LogP contribution in [0, 0.1) is 5.92 Å². The summed E-state index contributed by atoms with van der Waals surface area (Å²) in [6, 6.07) is 17.3. The number of piperidine rings is 1. The molecular weight excluding hydrogens is 390 g/mol. The monoisotopic (exact) mass is 419 g/mol. The van der Waals surface area contributed by atoms with Gasteiger partial charge in [-0.2, -0.15) is 0 Å². The Morgan fingerprint density at radius 1 is 1.10 bits per heavy atom. The van der Waals surface area contributed by atoms with Crippen molar-refractivity contribution in [2.24, 2.45) is 5.92 Å². The van der Waals surface area contributed by atoms with Gasteiger partial charge in [0, 0.05) is 19.5 Å². The molecule has 0 aliphatic carbocycles. The molecule has 4 rings (SSSR count). The van der Waals surface area contributed by atoms with E-state index in [4.69, 9.17) is 14.7 Å². The van der Waals surface area contributed by atoms with Crippen molar-refractivity contribution in [1.29, 1.82) is 0 Å². The zero-order valence-corrected chi connectivity index (χ0v) is 18.0. The Balaban J connectivity index is 1.61. The van der Waals surface area contributed by atoms with Crippen LogP contribution in [-0.2, 0) is 11.3 Å². The third kappa shape index (κ3) is 5.11. The zero-order valence-electron chi connectivity index (χ0n) is 18.0. The Morgan fingerprint density at radius 3 is 2.55 bits per heavy atom. The van der Waals surface area contributed by atoms with E-state index in [2.05, 4.69) is 10.6 Å². The third-order valence-electron chi connectivity index (χ3n) is 5.64. The van der Waals surface area contributed by atoms with Gasteiger partial charge in [-0.25, -0.2) is 14.8 Å². The number of amides is 1. The van der Waals surface area contributed by atoms with Gasteiger partial charge in [0.25, 0.3) is 0 Å². The van der Waals surface area contributed by atoms with Crippen molar-refractivity contribution in [1.82, 2.24) is 20.6 Å². The summed E-state index contributed by atoms with van der Waals surface area (Å²) >= 11 is 0. The second-order valence-corrected chi connectivity index (χ2v) is 8.09. The predicted octanol–water partition coefficient (Wildman–Crippen LogP) is 3.66. The molecule has 2 aromatic carbocycles. The van der Waals surface area contributed by atoms with E-state index in [1.807, 2.05) is 73.6 Å².